The molecule has 1 aliphatic heterocycles. The molecule has 0 bridgehead atoms. The number of hydrogen-bond acceptors (Lipinski definition) is 3. The number of hydrogen-bond donors (Lipinski definition) is 1. The highest BCUT2D eigenvalue weighted by Gasteiger charge is 2.34. The summed E-state index contributed by atoms with van der Waals surface area (Å²) in [6.45, 7) is 7.73. The van der Waals surface area contributed by atoms with Gasteiger partial charge in [-0.15, -0.1) is 0 Å². The zero-order valence-electron chi connectivity index (χ0n) is 15.5. The molecule has 138 valence electrons. The van der Waals surface area contributed by atoms with Crippen molar-refractivity contribution in [1.29, 1.82) is 0 Å². The fraction of sp³-hybridized carbons (Fsp3) is 0.737. The van der Waals surface area contributed by atoms with Gasteiger partial charge in [0, 0.05) is 31.1 Å². The third-order valence-electron chi connectivity index (χ3n) is 5.16. The summed E-state index contributed by atoms with van der Waals surface area (Å²) in [5, 5.41) is 13.5. The summed E-state index contributed by atoms with van der Waals surface area (Å²) in [4.78, 5) is 25.6. The Hall–Kier alpha value is -1.85. The molecule has 1 saturated carbocycles. The normalized spacial score (nSPS) is 21.4. The molecule has 2 aliphatic rings. The van der Waals surface area contributed by atoms with Crippen LogP contribution < -0.4 is 0 Å². The van der Waals surface area contributed by atoms with Crippen LogP contribution in [0.1, 0.15) is 81.4 Å². The van der Waals surface area contributed by atoms with Crippen molar-refractivity contribution in [2.45, 2.75) is 70.8 Å². The van der Waals surface area contributed by atoms with E-state index < -0.39 is 5.97 Å². The molecule has 25 heavy (non-hydrogen) atoms. The van der Waals surface area contributed by atoms with E-state index in [1.807, 2.05) is 15.6 Å². The number of carboxylic acid groups (broad SMARTS) is 1. The Bertz CT molecular complexity index is 655. The SMILES string of the molecule is CC(C)(C)n1nc(C(=O)N2CCC[C@H](CCC(=O)O)C2)cc1C1CC1. The molecule has 3 rings (SSSR count). The van der Waals surface area contributed by atoms with E-state index >= 15 is 0 Å². The first kappa shape index (κ1) is 18.0. The maximum atomic E-state index is 13.0. The van der Waals surface area contributed by atoms with Gasteiger partial charge < -0.3 is 10.0 Å². The molecule has 6 heteroatoms. The number of aliphatic carboxylic acids is 1. The molecule has 1 saturated heterocycles. The third-order valence-corrected chi connectivity index (χ3v) is 5.16. The highest BCUT2D eigenvalue weighted by molar-refractivity contribution is 5.92. The second kappa shape index (κ2) is 6.81. The lowest BCUT2D eigenvalue weighted by Crippen LogP contribution is -2.40. The first-order valence-electron chi connectivity index (χ1n) is 9.37. The van der Waals surface area contributed by atoms with E-state index in [0.717, 1.165) is 19.4 Å². The predicted molar refractivity (Wildman–Crippen MR) is 94.7 cm³/mol. The van der Waals surface area contributed by atoms with Crippen molar-refractivity contribution in [3.8, 4) is 0 Å². The molecular weight excluding hydrogens is 318 g/mol. The van der Waals surface area contributed by atoms with E-state index in [9.17, 15) is 9.59 Å². The van der Waals surface area contributed by atoms with Gasteiger partial charge in [-0.2, -0.15) is 5.10 Å². The second-order valence-corrected chi connectivity index (χ2v) is 8.50. The van der Waals surface area contributed by atoms with Crippen LogP contribution in [0.4, 0.5) is 0 Å². The van der Waals surface area contributed by atoms with Crippen molar-refractivity contribution in [2.75, 3.05) is 13.1 Å². The number of carbonyl (C=O) groups is 2. The quantitative estimate of drug-likeness (QED) is 0.887. The molecule has 1 N–H and O–H groups in total. The molecule has 0 radical (unpaired) electrons. The predicted octanol–water partition coefficient (Wildman–Crippen LogP) is 3.23. The molecule has 1 aromatic heterocycles. The van der Waals surface area contributed by atoms with E-state index in [4.69, 9.17) is 5.11 Å². The van der Waals surface area contributed by atoms with Gasteiger partial charge in [0.05, 0.1) is 5.54 Å². The molecule has 2 fully saturated rings. The fourth-order valence-electron chi connectivity index (χ4n) is 3.68. The number of amides is 1. The van der Waals surface area contributed by atoms with Crippen LogP contribution >= 0.6 is 0 Å². The van der Waals surface area contributed by atoms with Crippen molar-refractivity contribution in [2.24, 2.45) is 5.92 Å². The smallest absolute Gasteiger partial charge is 0.303 e. The van der Waals surface area contributed by atoms with Gasteiger partial charge in [0.2, 0.25) is 0 Å². The van der Waals surface area contributed by atoms with Gasteiger partial charge >= 0.3 is 5.97 Å². The van der Waals surface area contributed by atoms with Crippen molar-refractivity contribution in [1.82, 2.24) is 14.7 Å². The lowest BCUT2D eigenvalue weighted by molar-refractivity contribution is -0.137. The minimum absolute atomic E-state index is 0.00933. The Balaban J connectivity index is 1.73. The molecule has 1 aliphatic carbocycles. The highest BCUT2D eigenvalue weighted by atomic mass is 16.4. The maximum absolute atomic E-state index is 13.0. The van der Waals surface area contributed by atoms with Crippen molar-refractivity contribution in [3.63, 3.8) is 0 Å². The van der Waals surface area contributed by atoms with Crippen LogP contribution in [0.3, 0.4) is 0 Å². The van der Waals surface area contributed by atoms with E-state index in [1.165, 1.54) is 18.5 Å². The average Bonchev–Trinajstić information content (AvgIpc) is 3.29. The molecule has 0 spiro atoms. The minimum atomic E-state index is -0.763. The molecule has 0 unspecified atom stereocenters. The lowest BCUT2D eigenvalue weighted by atomic mass is 9.93. The number of piperidine rings is 1. The van der Waals surface area contributed by atoms with Crippen LogP contribution in [0.2, 0.25) is 0 Å². The molecule has 1 amide bonds. The average molecular weight is 347 g/mol. The highest BCUT2D eigenvalue weighted by Crippen LogP contribution is 2.42. The van der Waals surface area contributed by atoms with Gasteiger partial charge in [-0.25, -0.2) is 0 Å². The summed E-state index contributed by atoms with van der Waals surface area (Å²) in [5.74, 6) is 0.0470. The topological polar surface area (TPSA) is 75.4 Å². The Kier molecular flexibility index (Phi) is 4.89. The Morgan fingerprint density at radius 1 is 1.28 bits per heavy atom. The van der Waals surface area contributed by atoms with Crippen LogP contribution in [-0.4, -0.2) is 44.8 Å². The van der Waals surface area contributed by atoms with E-state index in [0.29, 0.717) is 24.6 Å². The summed E-state index contributed by atoms with van der Waals surface area (Å²) in [6.07, 6.45) is 5.11. The number of carboxylic acids is 1. The van der Waals surface area contributed by atoms with Crippen LogP contribution in [0.15, 0.2) is 6.07 Å². The lowest BCUT2D eigenvalue weighted by Gasteiger charge is -2.32. The number of nitrogens with zero attached hydrogens (tertiary/aromatic N) is 3. The summed E-state index contributed by atoms with van der Waals surface area (Å²) in [6, 6.07) is 1.98. The van der Waals surface area contributed by atoms with Gasteiger partial charge in [0.1, 0.15) is 0 Å². The molecule has 0 aromatic carbocycles. The van der Waals surface area contributed by atoms with E-state index in [2.05, 4.69) is 25.9 Å². The van der Waals surface area contributed by atoms with Gasteiger partial charge in [-0.05, 0) is 64.9 Å². The summed E-state index contributed by atoms with van der Waals surface area (Å²) in [5.41, 5.74) is 1.58. The van der Waals surface area contributed by atoms with Crippen LogP contribution in [0, 0.1) is 5.92 Å². The van der Waals surface area contributed by atoms with Crippen molar-refractivity contribution >= 4 is 11.9 Å². The van der Waals surface area contributed by atoms with Crippen molar-refractivity contribution < 1.29 is 14.7 Å². The first-order valence-corrected chi connectivity index (χ1v) is 9.37. The largest absolute Gasteiger partial charge is 0.481 e. The van der Waals surface area contributed by atoms with Crippen molar-refractivity contribution in [3.05, 3.63) is 17.5 Å². The zero-order valence-corrected chi connectivity index (χ0v) is 15.5. The molecular formula is C19H29N3O3. The maximum Gasteiger partial charge on any atom is 0.303 e. The summed E-state index contributed by atoms with van der Waals surface area (Å²) >= 11 is 0. The van der Waals surface area contributed by atoms with Gasteiger partial charge in [-0.3, -0.25) is 14.3 Å². The Morgan fingerprint density at radius 3 is 2.60 bits per heavy atom. The van der Waals surface area contributed by atoms with Crippen LogP contribution in [0.25, 0.3) is 0 Å². The number of carbonyl (C=O) groups excluding carboxylic acids is 1. The first-order chi connectivity index (χ1) is 11.8. The van der Waals surface area contributed by atoms with Crippen LogP contribution in [0.5, 0.6) is 0 Å². The van der Waals surface area contributed by atoms with Gasteiger partial charge in [-0.1, -0.05) is 0 Å². The Morgan fingerprint density at radius 2 is 2.00 bits per heavy atom. The molecule has 1 aromatic rings. The van der Waals surface area contributed by atoms with Crippen LogP contribution in [-0.2, 0) is 10.3 Å². The number of rotatable bonds is 5. The number of aromatic nitrogens is 2. The Labute approximate surface area is 149 Å². The number of likely N-dealkylation sites (tertiary alicyclic amines) is 1. The van der Waals surface area contributed by atoms with Gasteiger partial charge in [0.15, 0.2) is 5.69 Å². The molecule has 2 heterocycles. The summed E-state index contributed by atoms with van der Waals surface area (Å²) < 4.78 is 2.02. The fourth-order valence-corrected chi connectivity index (χ4v) is 3.68. The van der Waals surface area contributed by atoms with E-state index in [1.54, 1.807) is 0 Å². The van der Waals surface area contributed by atoms with Gasteiger partial charge in [0.25, 0.3) is 5.91 Å². The molecule has 1 atom stereocenters. The second-order valence-electron chi connectivity index (χ2n) is 8.50. The van der Waals surface area contributed by atoms with E-state index in [-0.39, 0.29) is 23.8 Å². The monoisotopic (exact) mass is 347 g/mol. The third kappa shape index (κ3) is 4.22. The summed E-state index contributed by atoms with van der Waals surface area (Å²) in [7, 11) is 0. The molecule has 6 nitrogen and oxygen atoms in total. The minimum Gasteiger partial charge on any atom is -0.481 e. The standard InChI is InChI=1S/C19H29N3O3/c1-19(2,3)22-16(14-7-8-14)11-15(20-22)18(25)21-10-4-5-13(12-21)6-9-17(23)24/h11,13-14H,4-10,12H2,1-3H3,(H,23,24)/t13-/m1/s1. The zero-order chi connectivity index (χ0) is 18.2.